The normalized spacial score (nSPS) is 21.7. The second-order valence-electron chi connectivity index (χ2n) is 2.26. The largest absolute Gasteiger partial charge is 0.328 e. The minimum atomic E-state index is -2.11. The van der Waals surface area contributed by atoms with Crippen molar-refractivity contribution in [3.05, 3.63) is 0 Å². The highest BCUT2D eigenvalue weighted by Gasteiger charge is 2.18. The zero-order chi connectivity index (χ0) is 6.69. The Balaban J connectivity index is 2.11. The molecule has 0 unspecified atom stereocenters. The highest BCUT2D eigenvalue weighted by atomic mass is 31.2. The summed E-state index contributed by atoms with van der Waals surface area (Å²) in [6, 6.07) is 0. The van der Waals surface area contributed by atoms with Crippen LogP contribution in [0.1, 0.15) is 25.7 Å². The fraction of sp³-hybridized carbons (Fsp3) is 1.00. The van der Waals surface area contributed by atoms with Gasteiger partial charge in [0.15, 0.2) is 0 Å². The lowest BCUT2D eigenvalue weighted by atomic mass is 10.3. The van der Waals surface area contributed by atoms with Crippen LogP contribution in [0.4, 0.5) is 0 Å². The van der Waals surface area contributed by atoms with Crippen LogP contribution in [0.3, 0.4) is 0 Å². The predicted molar refractivity (Wildman–Crippen MR) is 34.7 cm³/mol. The molecule has 1 aliphatic carbocycles. The third-order valence-corrected chi connectivity index (χ3v) is 2.03. The summed E-state index contributed by atoms with van der Waals surface area (Å²) in [5.41, 5.74) is 0. The summed E-state index contributed by atoms with van der Waals surface area (Å²) >= 11 is 0. The van der Waals surface area contributed by atoms with Crippen LogP contribution in [0.2, 0.25) is 0 Å². The van der Waals surface area contributed by atoms with Crippen molar-refractivity contribution in [3.63, 3.8) is 0 Å². The van der Waals surface area contributed by atoms with Crippen LogP contribution in [0.15, 0.2) is 0 Å². The number of hydrogen-bond acceptors (Lipinski definition) is 3. The van der Waals surface area contributed by atoms with Gasteiger partial charge in [-0.15, -0.1) is 0 Å². The van der Waals surface area contributed by atoms with Crippen LogP contribution in [0.5, 0.6) is 0 Å². The summed E-state index contributed by atoms with van der Waals surface area (Å²) in [5, 5.41) is 0. The van der Waals surface area contributed by atoms with Crippen molar-refractivity contribution in [2.75, 3.05) is 0 Å². The molecule has 4 heteroatoms. The smallest absolute Gasteiger partial charge is 0.327 e. The second kappa shape index (κ2) is 3.47. The van der Waals surface area contributed by atoms with E-state index in [4.69, 9.17) is 14.3 Å². The zero-order valence-electron chi connectivity index (χ0n) is 5.16. The quantitative estimate of drug-likeness (QED) is 0.580. The summed E-state index contributed by atoms with van der Waals surface area (Å²) in [4.78, 5) is 16.8. The number of hydrogen-bond donors (Lipinski definition) is 2. The Bertz CT molecular complexity index is 80.3. The topological polar surface area (TPSA) is 49.7 Å². The van der Waals surface area contributed by atoms with E-state index >= 15 is 0 Å². The standard InChI is InChI=1S/C5H11O3P/c6-9(7)8-5-3-1-2-4-5/h5-7H,1-4H2. The molecule has 1 saturated carbocycles. The summed E-state index contributed by atoms with van der Waals surface area (Å²) in [6.45, 7) is 0. The molecule has 0 aromatic rings. The van der Waals surface area contributed by atoms with Crippen molar-refractivity contribution >= 4 is 8.60 Å². The lowest BCUT2D eigenvalue weighted by Gasteiger charge is -2.09. The Morgan fingerprint density at radius 3 is 2.22 bits per heavy atom. The van der Waals surface area contributed by atoms with E-state index < -0.39 is 8.60 Å². The average Bonchev–Trinajstić information content (AvgIpc) is 2.15. The molecule has 1 rings (SSSR count). The van der Waals surface area contributed by atoms with E-state index in [1.807, 2.05) is 0 Å². The highest BCUT2D eigenvalue weighted by molar-refractivity contribution is 7.39. The molecule has 2 N–H and O–H groups in total. The Kier molecular flexibility index (Phi) is 2.86. The van der Waals surface area contributed by atoms with Gasteiger partial charge >= 0.3 is 8.60 Å². The molecule has 1 fully saturated rings. The van der Waals surface area contributed by atoms with E-state index in [0.29, 0.717) is 0 Å². The Morgan fingerprint density at radius 1 is 1.22 bits per heavy atom. The van der Waals surface area contributed by atoms with Crippen molar-refractivity contribution in [1.82, 2.24) is 0 Å². The van der Waals surface area contributed by atoms with E-state index in [1.54, 1.807) is 0 Å². The van der Waals surface area contributed by atoms with Gasteiger partial charge in [0, 0.05) is 0 Å². The molecule has 0 saturated heterocycles. The van der Waals surface area contributed by atoms with Gasteiger partial charge in [-0.05, 0) is 12.8 Å². The first-order valence-electron chi connectivity index (χ1n) is 3.13. The van der Waals surface area contributed by atoms with Crippen LogP contribution in [-0.4, -0.2) is 15.9 Å². The van der Waals surface area contributed by atoms with E-state index in [9.17, 15) is 0 Å². The molecule has 3 nitrogen and oxygen atoms in total. The van der Waals surface area contributed by atoms with Crippen LogP contribution < -0.4 is 0 Å². The minimum Gasteiger partial charge on any atom is -0.328 e. The average molecular weight is 150 g/mol. The third kappa shape index (κ3) is 2.59. The SMILES string of the molecule is OP(O)OC1CCCC1. The first kappa shape index (κ1) is 7.42. The van der Waals surface area contributed by atoms with Gasteiger partial charge in [-0.25, -0.2) is 0 Å². The fourth-order valence-electron chi connectivity index (χ4n) is 1.13. The highest BCUT2D eigenvalue weighted by Crippen LogP contribution is 2.33. The molecule has 0 spiro atoms. The predicted octanol–water partition coefficient (Wildman–Crippen LogP) is 1.16. The van der Waals surface area contributed by atoms with Gasteiger partial charge in [0.05, 0.1) is 6.10 Å². The molecular formula is C5H11O3P. The first-order chi connectivity index (χ1) is 4.29. The van der Waals surface area contributed by atoms with Crippen molar-refractivity contribution in [1.29, 1.82) is 0 Å². The molecule has 0 heterocycles. The maximum absolute atomic E-state index is 8.41. The van der Waals surface area contributed by atoms with Gasteiger partial charge in [-0.1, -0.05) is 12.8 Å². The monoisotopic (exact) mass is 150 g/mol. The molecule has 0 atom stereocenters. The second-order valence-corrected chi connectivity index (χ2v) is 2.98. The van der Waals surface area contributed by atoms with E-state index in [-0.39, 0.29) is 6.10 Å². The summed E-state index contributed by atoms with van der Waals surface area (Å²) in [6.07, 6.45) is 4.41. The van der Waals surface area contributed by atoms with Crippen LogP contribution in [0, 0.1) is 0 Å². The van der Waals surface area contributed by atoms with E-state index in [0.717, 1.165) is 25.7 Å². The first-order valence-corrected chi connectivity index (χ1v) is 4.30. The third-order valence-electron chi connectivity index (χ3n) is 1.55. The molecule has 54 valence electrons. The lowest BCUT2D eigenvalue weighted by Crippen LogP contribution is -2.02. The van der Waals surface area contributed by atoms with Crippen molar-refractivity contribution in [3.8, 4) is 0 Å². The van der Waals surface area contributed by atoms with Crippen molar-refractivity contribution in [2.45, 2.75) is 31.8 Å². The molecule has 0 aliphatic heterocycles. The van der Waals surface area contributed by atoms with Crippen LogP contribution >= 0.6 is 8.60 Å². The van der Waals surface area contributed by atoms with Gasteiger partial charge < -0.3 is 14.3 Å². The van der Waals surface area contributed by atoms with Gasteiger partial charge in [-0.2, -0.15) is 0 Å². The molecule has 9 heavy (non-hydrogen) atoms. The molecule has 0 aromatic heterocycles. The number of rotatable bonds is 2. The van der Waals surface area contributed by atoms with Crippen molar-refractivity contribution in [2.24, 2.45) is 0 Å². The van der Waals surface area contributed by atoms with Crippen LogP contribution in [-0.2, 0) is 4.52 Å². The summed E-state index contributed by atoms with van der Waals surface area (Å²) in [7, 11) is -2.11. The molecule has 0 radical (unpaired) electrons. The lowest BCUT2D eigenvalue weighted by molar-refractivity contribution is 0.176. The molecule has 0 aromatic carbocycles. The fourth-order valence-corrected chi connectivity index (χ4v) is 1.60. The van der Waals surface area contributed by atoms with E-state index in [1.165, 1.54) is 0 Å². The van der Waals surface area contributed by atoms with Gasteiger partial charge in [0.1, 0.15) is 0 Å². The summed E-state index contributed by atoms with van der Waals surface area (Å²) < 4.78 is 4.79. The van der Waals surface area contributed by atoms with Crippen LogP contribution in [0.25, 0.3) is 0 Å². The molecule has 0 bridgehead atoms. The molecule has 1 aliphatic rings. The Morgan fingerprint density at radius 2 is 1.78 bits per heavy atom. The van der Waals surface area contributed by atoms with Gasteiger partial charge in [-0.3, -0.25) is 0 Å². The molecule has 0 amide bonds. The van der Waals surface area contributed by atoms with Crippen molar-refractivity contribution < 1.29 is 14.3 Å². The molecular weight excluding hydrogens is 139 g/mol. The minimum absolute atomic E-state index is 0.117. The maximum atomic E-state index is 8.41. The Hall–Kier alpha value is 0.310. The summed E-state index contributed by atoms with van der Waals surface area (Å²) in [5.74, 6) is 0. The van der Waals surface area contributed by atoms with Gasteiger partial charge in [0.2, 0.25) is 0 Å². The van der Waals surface area contributed by atoms with Gasteiger partial charge in [0.25, 0.3) is 0 Å². The Labute approximate surface area is 55.7 Å². The zero-order valence-corrected chi connectivity index (χ0v) is 6.05. The maximum Gasteiger partial charge on any atom is 0.327 e. The van der Waals surface area contributed by atoms with E-state index in [2.05, 4.69) is 0 Å².